The number of piperidine rings is 1. The molecule has 1 aliphatic heterocycles. The van der Waals surface area contributed by atoms with Gasteiger partial charge in [0, 0.05) is 17.8 Å². The van der Waals surface area contributed by atoms with Gasteiger partial charge in [0.2, 0.25) is 0 Å². The third-order valence-electron chi connectivity index (χ3n) is 6.01. The SMILES string of the molecule is Fc1ccccc1OCCN1CCC(CN[C@@H](c2ccc(Cl)cc2)c2ccccn2)CC1. The van der Waals surface area contributed by atoms with Gasteiger partial charge in [-0.25, -0.2) is 4.39 Å². The van der Waals surface area contributed by atoms with E-state index in [1.807, 2.05) is 30.5 Å². The Bertz CT molecular complexity index is 962. The molecular weight excluding hydrogens is 425 g/mol. The largest absolute Gasteiger partial charge is 0.489 e. The molecule has 168 valence electrons. The molecule has 0 spiro atoms. The van der Waals surface area contributed by atoms with Crippen LogP contribution in [-0.2, 0) is 0 Å². The molecule has 4 rings (SSSR count). The second kappa shape index (κ2) is 11.4. The number of para-hydroxylation sites is 1. The highest BCUT2D eigenvalue weighted by Crippen LogP contribution is 2.24. The first-order valence-electron chi connectivity index (χ1n) is 11.2. The fourth-order valence-corrected chi connectivity index (χ4v) is 4.27. The lowest BCUT2D eigenvalue weighted by atomic mass is 9.95. The van der Waals surface area contributed by atoms with Crippen LogP contribution in [0.15, 0.2) is 72.9 Å². The molecule has 0 radical (unpaired) electrons. The highest BCUT2D eigenvalue weighted by molar-refractivity contribution is 6.30. The van der Waals surface area contributed by atoms with Crippen molar-refractivity contribution in [2.24, 2.45) is 5.92 Å². The number of hydrogen-bond acceptors (Lipinski definition) is 4. The number of hydrogen-bond donors (Lipinski definition) is 1. The molecule has 0 bridgehead atoms. The van der Waals surface area contributed by atoms with Crippen LogP contribution < -0.4 is 10.1 Å². The van der Waals surface area contributed by atoms with Gasteiger partial charge in [-0.3, -0.25) is 9.88 Å². The molecule has 0 aliphatic carbocycles. The summed E-state index contributed by atoms with van der Waals surface area (Å²) in [5, 5.41) is 4.47. The fourth-order valence-electron chi connectivity index (χ4n) is 4.14. The number of pyridine rings is 1. The van der Waals surface area contributed by atoms with E-state index in [0.29, 0.717) is 18.3 Å². The van der Waals surface area contributed by atoms with Crippen LogP contribution in [0, 0.1) is 11.7 Å². The third kappa shape index (κ3) is 6.28. The van der Waals surface area contributed by atoms with E-state index >= 15 is 0 Å². The Morgan fingerprint density at radius 2 is 1.78 bits per heavy atom. The van der Waals surface area contributed by atoms with Crippen LogP contribution in [0.1, 0.15) is 30.1 Å². The van der Waals surface area contributed by atoms with Gasteiger partial charge in [-0.15, -0.1) is 0 Å². The number of rotatable bonds is 9. The summed E-state index contributed by atoms with van der Waals surface area (Å²) >= 11 is 6.09. The van der Waals surface area contributed by atoms with Crippen LogP contribution >= 0.6 is 11.6 Å². The quantitative estimate of drug-likeness (QED) is 0.474. The van der Waals surface area contributed by atoms with Gasteiger partial charge in [0.25, 0.3) is 0 Å². The van der Waals surface area contributed by atoms with Gasteiger partial charge in [0.1, 0.15) is 6.61 Å². The number of halogens is 2. The van der Waals surface area contributed by atoms with Gasteiger partial charge in [-0.1, -0.05) is 41.9 Å². The highest BCUT2D eigenvalue weighted by Gasteiger charge is 2.22. The molecule has 0 saturated carbocycles. The van der Waals surface area contributed by atoms with Gasteiger partial charge in [0.15, 0.2) is 11.6 Å². The maximum absolute atomic E-state index is 13.7. The summed E-state index contributed by atoms with van der Waals surface area (Å²) in [6, 6.07) is 20.6. The molecular formula is C26H29ClFN3O. The lowest BCUT2D eigenvalue weighted by molar-refractivity contribution is 0.151. The summed E-state index contributed by atoms with van der Waals surface area (Å²) in [6.45, 7) is 4.31. The zero-order valence-corrected chi connectivity index (χ0v) is 18.8. The number of benzene rings is 2. The predicted octanol–water partition coefficient (Wildman–Crippen LogP) is 5.34. The Kier molecular flexibility index (Phi) is 8.10. The molecule has 1 fully saturated rings. The average molecular weight is 454 g/mol. The molecule has 0 amide bonds. The van der Waals surface area contributed by atoms with Gasteiger partial charge in [-0.05, 0) is 80.4 Å². The first-order chi connectivity index (χ1) is 15.7. The summed E-state index contributed by atoms with van der Waals surface area (Å²) in [5.74, 6) is 0.632. The first-order valence-corrected chi connectivity index (χ1v) is 11.6. The maximum Gasteiger partial charge on any atom is 0.165 e. The first kappa shape index (κ1) is 22.7. The Hall–Kier alpha value is -2.47. The van der Waals surface area contributed by atoms with Crippen LogP contribution in [0.5, 0.6) is 5.75 Å². The number of likely N-dealkylation sites (tertiary alicyclic amines) is 1. The van der Waals surface area contributed by atoms with Crippen LogP contribution in [0.2, 0.25) is 5.02 Å². The molecule has 2 aromatic carbocycles. The number of aromatic nitrogens is 1. The zero-order chi connectivity index (χ0) is 22.2. The molecule has 2 heterocycles. The topological polar surface area (TPSA) is 37.4 Å². The molecule has 1 aliphatic rings. The number of nitrogens with one attached hydrogen (secondary N) is 1. The summed E-state index contributed by atoms with van der Waals surface area (Å²) in [4.78, 5) is 6.97. The number of ether oxygens (including phenoxy) is 1. The maximum atomic E-state index is 13.7. The summed E-state index contributed by atoms with van der Waals surface area (Å²) in [6.07, 6.45) is 4.09. The Morgan fingerprint density at radius 3 is 2.50 bits per heavy atom. The monoisotopic (exact) mass is 453 g/mol. The van der Waals surface area contributed by atoms with Crippen LogP contribution in [0.25, 0.3) is 0 Å². The van der Waals surface area contributed by atoms with Crippen molar-refractivity contribution >= 4 is 11.6 Å². The van der Waals surface area contributed by atoms with Gasteiger partial charge >= 0.3 is 0 Å². The van der Waals surface area contributed by atoms with E-state index in [1.165, 1.54) is 6.07 Å². The van der Waals surface area contributed by atoms with Crippen LogP contribution in [-0.4, -0.2) is 42.7 Å². The van der Waals surface area contributed by atoms with E-state index in [9.17, 15) is 4.39 Å². The molecule has 3 aromatic rings. The van der Waals surface area contributed by atoms with E-state index in [-0.39, 0.29) is 11.9 Å². The average Bonchev–Trinajstić information content (AvgIpc) is 2.83. The fraction of sp³-hybridized carbons (Fsp3) is 0.346. The Morgan fingerprint density at radius 1 is 1.03 bits per heavy atom. The number of nitrogens with zero attached hydrogens (tertiary/aromatic N) is 2. The molecule has 1 aromatic heterocycles. The molecule has 32 heavy (non-hydrogen) atoms. The minimum Gasteiger partial charge on any atom is -0.489 e. The molecule has 1 saturated heterocycles. The van der Waals surface area contributed by atoms with Crippen molar-refractivity contribution in [2.45, 2.75) is 18.9 Å². The zero-order valence-electron chi connectivity index (χ0n) is 18.1. The predicted molar refractivity (Wildman–Crippen MR) is 127 cm³/mol. The molecule has 0 unspecified atom stereocenters. The second-order valence-electron chi connectivity index (χ2n) is 8.21. The standard InChI is InChI=1S/C26H29ClFN3O/c27-22-10-8-21(9-11-22)26(24-6-3-4-14-29-24)30-19-20-12-15-31(16-13-20)17-18-32-25-7-2-1-5-23(25)28/h1-11,14,20,26,30H,12-13,15-19H2/t26-/m0/s1. The summed E-state index contributed by atoms with van der Waals surface area (Å²) in [7, 11) is 0. The van der Waals surface area contributed by atoms with E-state index in [1.54, 1.807) is 18.2 Å². The third-order valence-corrected chi connectivity index (χ3v) is 6.26. The van der Waals surface area contributed by atoms with E-state index in [2.05, 4.69) is 33.4 Å². The normalized spacial score (nSPS) is 16.1. The van der Waals surface area contributed by atoms with Gasteiger partial charge in [0.05, 0.1) is 11.7 Å². The van der Waals surface area contributed by atoms with Crippen LogP contribution in [0.3, 0.4) is 0 Å². The summed E-state index contributed by atoms with van der Waals surface area (Å²) < 4.78 is 19.3. The molecule has 1 atom stereocenters. The molecule has 1 N–H and O–H groups in total. The minimum absolute atomic E-state index is 0.0423. The van der Waals surface area contributed by atoms with Crippen molar-refractivity contribution in [1.82, 2.24) is 15.2 Å². The van der Waals surface area contributed by atoms with Gasteiger partial charge < -0.3 is 10.1 Å². The molecule has 4 nitrogen and oxygen atoms in total. The van der Waals surface area contributed by atoms with Crippen molar-refractivity contribution in [1.29, 1.82) is 0 Å². The Labute approximate surface area is 194 Å². The lowest BCUT2D eigenvalue weighted by Crippen LogP contribution is -2.40. The summed E-state index contributed by atoms with van der Waals surface area (Å²) in [5.41, 5.74) is 2.17. The van der Waals surface area contributed by atoms with E-state index in [4.69, 9.17) is 16.3 Å². The second-order valence-corrected chi connectivity index (χ2v) is 8.65. The van der Waals surface area contributed by atoms with Crippen molar-refractivity contribution < 1.29 is 9.13 Å². The van der Waals surface area contributed by atoms with Crippen molar-refractivity contribution in [2.75, 3.05) is 32.8 Å². The van der Waals surface area contributed by atoms with Crippen molar-refractivity contribution in [3.63, 3.8) is 0 Å². The van der Waals surface area contributed by atoms with Crippen LogP contribution in [0.4, 0.5) is 4.39 Å². The lowest BCUT2D eigenvalue weighted by Gasteiger charge is -2.33. The van der Waals surface area contributed by atoms with Crippen molar-refractivity contribution in [3.8, 4) is 5.75 Å². The highest BCUT2D eigenvalue weighted by atomic mass is 35.5. The van der Waals surface area contributed by atoms with Crippen molar-refractivity contribution in [3.05, 3.63) is 95.0 Å². The molecule has 6 heteroatoms. The smallest absolute Gasteiger partial charge is 0.165 e. The minimum atomic E-state index is -0.305. The van der Waals surface area contributed by atoms with E-state index < -0.39 is 0 Å². The van der Waals surface area contributed by atoms with Gasteiger partial charge in [-0.2, -0.15) is 0 Å². The Balaban J connectivity index is 1.25. The van der Waals surface area contributed by atoms with E-state index in [0.717, 1.165) is 55.3 Å².